The molecule has 1 aromatic heterocycles. The van der Waals surface area contributed by atoms with Gasteiger partial charge in [0.1, 0.15) is 0 Å². The van der Waals surface area contributed by atoms with Crippen LogP contribution >= 0.6 is 0 Å². The summed E-state index contributed by atoms with van der Waals surface area (Å²) in [5, 5.41) is 14.9. The number of piperazine rings is 1. The maximum atomic E-state index is 13.0. The summed E-state index contributed by atoms with van der Waals surface area (Å²) in [7, 11) is -3.81. The first-order valence-corrected chi connectivity index (χ1v) is 10.5. The maximum absolute atomic E-state index is 13.0. The molecule has 0 bridgehead atoms. The van der Waals surface area contributed by atoms with Gasteiger partial charge >= 0.3 is 0 Å². The highest BCUT2D eigenvalue weighted by molar-refractivity contribution is 7.89. The number of non-ortho nitro benzene ring substituents is 1. The Labute approximate surface area is 163 Å². The van der Waals surface area contributed by atoms with Crippen molar-refractivity contribution in [2.75, 3.05) is 26.2 Å². The first-order chi connectivity index (χ1) is 13.2. The van der Waals surface area contributed by atoms with Crippen LogP contribution in [0.1, 0.15) is 37.2 Å². The summed E-state index contributed by atoms with van der Waals surface area (Å²) in [5.74, 6) is 1.16. The average molecular weight is 409 g/mol. The van der Waals surface area contributed by atoms with Crippen LogP contribution in [0, 0.1) is 17.0 Å². The number of aryl methyl sites for hydroxylation is 2. The van der Waals surface area contributed by atoms with Crippen molar-refractivity contribution in [3.63, 3.8) is 0 Å². The minimum Gasteiger partial charge on any atom is -0.338 e. The van der Waals surface area contributed by atoms with Crippen LogP contribution in [0.2, 0.25) is 0 Å². The molecule has 2 heterocycles. The van der Waals surface area contributed by atoms with Gasteiger partial charge in [0, 0.05) is 44.7 Å². The second-order valence-electron chi connectivity index (χ2n) is 6.73. The number of hydrogen-bond donors (Lipinski definition) is 0. The van der Waals surface area contributed by atoms with Crippen LogP contribution in [0.15, 0.2) is 27.6 Å². The summed E-state index contributed by atoms with van der Waals surface area (Å²) in [6, 6.07) is 3.79. The SMILES string of the molecule is CCc1noc([C@@H](C)N2CCN(S(=O)(=O)c3cc([N+](=O)[O-])ccc3C)CC2)n1. The summed E-state index contributed by atoms with van der Waals surface area (Å²) in [5.41, 5.74) is 0.249. The number of hydrogen-bond acceptors (Lipinski definition) is 8. The molecule has 1 aromatic carbocycles. The highest BCUT2D eigenvalue weighted by Gasteiger charge is 2.33. The predicted octanol–water partition coefficient (Wildman–Crippen LogP) is 1.92. The summed E-state index contributed by atoms with van der Waals surface area (Å²) >= 11 is 0. The molecule has 1 saturated heterocycles. The Bertz CT molecular complexity index is 966. The standard InChI is InChI=1S/C17H23N5O5S/c1-4-16-18-17(27-19-16)13(3)20-7-9-21(10-8-20)28(25,26)15-11-14(22(23)24)6-5-12(15)2/h5-6,11,13H,4,7-10H2,1-3H3/t13-/m1/s1. The largest absolute Gasteiger partial charge is 0.338 e. The van der Waals surface area contributed by atoms with Crippen LogP contribution in [0.3, 0.4) is 0 Å². The van der Waals surface area contributed by atoms with Crippen LogP contribution < -0.4 is 0 Å². The van der Waals surface area contributed by atoms with Gasteiger partial charge in [-0.1, -0.05) is 18.1 Å². The zero-order valence-electron chi connectivity index (χ0n) is 16.0. The zero-order valence-corrected chi connectivity index (χ0v) is 16.8. The van der Waals surface area contributed by atoms with Crippen molar-refractivity contribution in [2.45, 2.75) is 38.1 Å². The maximum Gasteiger partial charge on any atom is 0.270 e. The lowest BCUT2D eigenvalue weighted by molar-refractivity contribution is -0.385. The minimum atomic E-state index is -3.81. The molecule has 1 fully saturated rings. The third-order valence-electron chi connectivity index (χ3n) is 4.98. The number of nitro benzene ring substituents is 1. The number of aromatic nitrogens is 2. The number of nitrogens with zero attached hydrogens (tertiary/aromatic N) is 5. The topological polar surface area (TPSA) is 123 Å². The molecule has 0 radical (unpaired) electrons. The Hall–Kier alpha value is -2.37. The molecule has 0 saturated carbocycles. The van der Waals surface area contributed by atoms with Crippen molar-refractivity contribution in [3.05, 3.63) is 45.6 Å². The lowest BCUT2D eigenvalue weighted by atomic mass is 10.2. The van der Waals surface area contributed by atoms with E-state index in [2.05, 4.69) is 15.0 Å². The van der Waals surface area contributed by atoms with Gasteiger partial charge in [-0.3, -0.25) is 15.0 Å². The lowest BCUT2D eigenvalue weighted by Gasteiger charge is -2.36. The molecule has 2 aromatic rings. The van der Waals surface area contributed by atoms with E-state index in [4.69, 9.17) is 4.52 Å². The van der Waals surface area contributed by atoms with Gasteiger partial charge in [-0.2, -0.15) is 9.29 Å². The third kappa shape index (κ3) is 3.91. The smallest absolute Gasteiger partial charge is 0.270 e. The molecule has 0 amide bonds. The monoisotopic (exact) mass is 409 g/mol. The molecule has 1 aliphatic rings. The molecule has 1 aliphatic heterocycles. The molecule has 0 unspecified atom stereocenters. The molecule has 0 N–H and O–H groups in total. The van der Waals surface area contributed by atoms with Crippen molar-refractivity contribution in [1.82, 2.24) is 19.3 Å². The van der Waals surface area contributed by atoms with Gasteiger partial charge in [0.25, 0.3) is 5.69 Å². The van der Waals surface area contributed by atoms with Crippen molar-refractivity contribution >= 4 is 15.7 Å². The molecule has 152 valence electrons. The van der Waals surface area contributed by atoms with Crippen LogP contribution in [0.5, 0.6) is 0 Å². The highest BCUT2D eigenvalue weighted by atomic mass is 32.2. The minimum absolute atomic E-state index is 0.0207. The summed E-state index contributed by atoms with van der Waals surface area (Å²) in [6.45, 7) is 7.08. The number of nitro groups is 1. The van der Waals surface area contributed by atoms with Gasteiger partial charge in [0.05, 0.1) is 15.9 Å². The third-order valence-corrected chi connectivity index (χ3v) is 7.02. The number of rotatable bonds is 6. The Balaban J connectivity index is 1.73. The van der Waals surface area contributed by atoms with Gasteiger partial charge in [0.15, 0.2) is 5.82 Å². The summed E-state index contributed by atoms with van der Waals surface area (Å²) in [6.07, 6.45) is 0.685. The summed E-state index contributed by atoms with van der Waals surface area (Å²) < 4.78 is 32.7. The highest BCUT2D eigenvalue weighted by Crippen LogP contribution is 2.27. The Morgan fingerprint density at radius 2 is 1.96 bits per heavy atom. The zero-order chi connectivity index (χ0) is 20.5. The first kappa shape index (κ1) is 20.4. The predicted molar refractivity (Wildman–Crippen MR) is 100 cm³/mol. The van der Waals surface area contributed by atoms with E-state index >= 15 is 0 Å². The van der Waals surface area contributed by atoms with Crippen LogP contribution in [0.25, 0.3) is 0 Å². The van der Waals surface area contributed by atoms with Crippen molar-refractivity contribution < 1.29 is 17.9 Å². The summed E-state index contributed by atoms with van der Waals surface area (Å²) in [4.78, 5) is 16.8. The van der Waals surface area contributed by atoms with E-state index in [1.165, 1.54) is 16.4 Å². The van der Waals surface area contributed by atoms with Gasteiger partial charge in [0.2, 0.25) is 15.9 Å². The van der Waals surface area contributed by atoms with Gasteiger partial charge in [-0.05, 0) is 19.4 Å². The number of benzene rings is 1. The first-order valence-electron chi connectivity index (χ1n) is 9.05. The van der Waals surface area contributed by atoms with E-state index in [-0.39, 0.29) is 29.7 Å². The molecule has 28 heavy (non-hydrogen) atoms. The molecule has 0 spiro atoms. The second kappa shape index (κ2) is 7.94. The molecule has 0 aliphatic carbocycles. The van der Waals surface area contributed by atoms with E-state index in [1.807, 2.05) is 13.8 Å². The number of sulfonamides is 1. The van der Waals surface area contributed by atoms with Gasteiger partial charge in [-0.15, -0.1) is 0 Å². The quantitative estimate of drug-likeness (QED) is 0.524. The van der Waals surface area contributed by atoms with Crippen LogP contribution in [0.4, 0.5) is 5.69 Å². The Morgan fingerprint density at radius 3 is 2.54 bits per heavy atom. The normalized spacial score (nSPS) is 17.5. The Morgan fingerprint density at radius 1 is 1.29 bits per heavy atom. The molecule has 11 heteroatoms. The van der Waals surface area contributed by atoms with Crippen LogP contribution in [-0.4, -0.2) is 58.9 Å². The lowest BCUT2D eigenvalue weighted by Crippen LogP contribution is -2.49. The van der Waals surface area contributed by atoms with E-state index in [0.29, 0.717) is 36.8 Å². The van der Waals surface area contributed by atoms with E-state index in [9.17, 15) is 18.5 Å². The Kier molecular flexibility index (Phi) is 5.77. The molecule has 10 nitrogen and oxygen atoms in total. The van der Waals surface area contributed by atoms with E-state index in [1.54, 1.807) is 6.92 Å². The average Bonchev–Trinajstić information content (AvgIpc) is 3.16. The van der Waals surface area contributed by atoms with Crippen molar-refractivity contribution in [2.24, 2.45) is 0 Å². The van der Waals surface area contributed by atoms with E-state index in [0.717, 1.165) is 6.07 Å². The van der Waals surface area contributed by atoms with Crippen LogP contribution in [-0.2, 0) is 16.4 Å². The molecular formula is C17H23N5O5S. The van der Waals surface area contributed by atoms with Gasteiger partial charge in [-0.25, -0.2) is 8.42 Å². The molecule has 3 rings (SSSR count). The van der Waals surface area contributed by atoms with Crippen molar-refractivity contribution in [1.29, 1.82) is 0 Å². The van der Waals surface area contributed by atoms with E-state index < -0.39 is 14.9 Å². The van der Waals surface area contributed by atoms with Gasteiger partial charge < -0.3 is 4.52 Å². The molecule has 1 atom stereocenters. The fraction of sp³-hybridized carbons (Fsp3) is 0.529. The fourth-order valence-electron chi connectivity index (χ4n) is 3.19. The fourth-order valence-corrected chi connectivity index (χ4v) is 4.85. The van der Waals surface area contributed by atoms with Crippen molar-refractivity contribution in [3.8, 4) is 0 Å². The second-order valence-corrected chi connectivity index (χ2v) is 8.63. The molecular weight excluding hydrogens is 386 g/mol.